The SMILES string of the molecule is Nc1ncn(CC(=O)Nc2ccnc(Cl)n2)n1. The van der Waals surface area contributed by atoms with Crippen LogP contribution in [0.25, 0.3) is 0 Å². The van der Waals surface area contributed by atoms with E-state index in [9.17, 15) is 4.79 Å². The van der Waals surface area contributed by atoms with Gasteiger partial charge in [-0.05, 0) is 17.7 Å². The predicted octanol–water partition coefficient (Wildman–Crippen LogP) is -0.0576. The number of nitrogens with zero attached hydrogens (tertiary/aromatic N) is 5. The summed E-state index contributed by atoms with van der Waals surface area (Å²) in [5, 5.41) is 6.37. The minimum atomic E-state index is -0.315. The molecule has 0 saturated carbocycles. The number of nitrogens with two attached hydrogens (primary N) is 1. The van der Waals surface area contributed by atoms with E-state index in [-0.39, 0.29) is 23.7 Å². The van der Waals surface area contributed by atoms with Crippen molar-refractivity contribution in [3.8, 4) is 0 Å². The van der Waals surface area contributed by atoms with Crippen LogP contribution in [0.15, 0.2) is 18.6 Å². The molecular formula is C8H8ClN7O. The van der Waals surface area contributed by atoms with E-state index in [0.29, 0.717) is 5.82 Å². The minimum Gasteiger partial charge on any atom is -0.367 e. The van der Waals surface area contributed by atoms with Gasteiger partial charge in [-0.1, -0.05) is 0 Å². The summed E-state index contributed by atoms with van der Waals surface area (Å²) in [5.74, 6) is 0.121. The topological polar surface area (TPSA) is 112 Å². The molecule has 2 heterocycles. The molecule has 0 saturated heterocycles. The lowest BCUT2D eigenvalue weighted by atomic mass is 10.5. The smallest absolute Gasteiger partial charge is 0.247 e. The Labute approximate surface area is 101 Å². The van der Waals surface area contributed by atoms with E-state index in [0.717, 1.165) is 0 Å². The summed E-state index contributed by atoms with van der Waals surface area (Å²) >= 11 is 5.57. The maximum Gasteiger partial charge on any atom is 0.247 e. The van der Waals surface area contributed by atoms with E-state index < -0.39 is 0 Å². The van der Waals surface area contributed by atoms with E-state index >= 15 is 0 Å². The zero-order chi connectivity index (χ0) is 12.3. The van der Waals surface area contributed by atoms with Crippen molar-refractivity contribution in [1.29, 1.82) is 0 Å². The van der Waals surface area contributed by atoms with Crippen LogP contribution in [0.4, 0.5) is 11.8 Å². The van der Waals surface area contributed by atoms with Crippen LogP contribution >= 0.6 is 11.6 Å². The second-order valence-corrected chi connectivity index (χ2v) is 3.40. The van der Waals surface area contributed by atoms with E-state index in [4.69, 9.17) is 17.3 Å². The molecule has 0 aliphatic rings. The quantitative estimate of drug-likeness (QED) is 0.742. The highest BCUT2D eigenvalue weighted by Crippen LogP contribution is 2.05. The average molecular weight is 254 g/mol. The molecule has 0 spiro atoms. The fourth-order valence-electron chi connectivity index (χ4n) is 1.12. The van der Waals surface area contributed by atoms with E-state index in [1.54, 1.807) is 0 Å². The Balaban J connectivity index is 1.98. The molecule has 2 aromatic heterocycles. The maximum absolute atomic E-state index is 11.6. The Morgan fingerprint density at radius 3 is 3.00 bits per heavy atom. The van der Waals surface area contributed by atoms with Crippen molar-refractivity contribution in [2.24, 2.45) is 0 Å². The summed E-state index contributed by atoms with van der Waals surface area (Å²) in [6, 6.07) is 1.53. The first-order valence-electron chi connectivity index (χ1n) is 4.57. The first-order valence-corrected chi connectivity index (χ1v) is 4.94. The first-order chi connectivity index (χ1) is 8.13. The van der Waals surface area contributed by atoms with Crippen LogP contribution in [-0.2, 0) is 11.3 Å². The Morgan fingerprint density at radius 1 is 1.53 bits per heavy atom. The van der Waals surface area contributed by atoms with Gasteiger partial charge in [0.25, 0.3) is 0 Å². The normalized spacial score (nSPS) is 10.2. The van der Waals surface area contributed by atoms with Gasteiger partial charge in [-0.2, -0.15) is 0 Å². The van der Waals surface area contributed by atoms with Crippen LogP contribution in [0.5, 0.6) is 0 Å². The van der Waals surface area contributed by atoms with Gasteiger partial charge in [-0.3, -0.25) is 4.79 Å². The third-order valence-corrected chi connectivity index (χ3v) is 1.94. The molecule has 0 atom stereocenters. The summed E-state index contributed by atoms with van der Waals surface area (Å²) in [6.45, 7) is -0.00811. The first kappa shape index (κ1) is 11.3. The number of amides is 1. The van der Waals surface area contributed by atoms with Crippen LogP contribution in [-0.4, -0.2) is 30.6 Å². The summed E-state index contributed by atoms with van der Waals surface area (Å²) in [7, 11) is 0. The molecule has 0 aliphatic carbocycles. The Hall–Kier alpha value is -2.22. The van der Waals surface area contributed by atoms with Crippen molar-refractivity contribution in [1.82, 2.24) is 24.7 Å². The van der Waals surface area contributed by atoms with Crippen molar-refractivity contribution in [2.45, 2.75) is 6.54 Å². The van der Waals surface area contributed by atoms with Crippen LogP contribution in [0.3, 0.4) is 0 Å². The number of anilines is 2. The van der Waals surface area contributed by atoms with E-state index in [2.05, 4.69) is 25.4 Å². The van der Waals surface area contributed by atoms with Crippen LogP contribution < -0.4 is 11.1 Å². The molecular weight excluding hydrogens is 246 g/mol. The molecule has 9 heteroatoms. The largest absolute Gasteiger partial charge is 0.367 e. The second kappa shape index (κ2) is 4.74. The highest BCUT2D eigenvalue weighted by atomic mass is 35.5. The number of aromatic nitrogens is 5. The number of nitrogens with one attached hydrogen (secondary N) is 1. The van der Waals surface area contributed by atoms with Crippen molar-refractivity contribution < 1.29 is 4.79 Å². The lowest BCUT2D eigenvalue weighted by molar-refractivity contribution is -0.116. The lowest BCUT2D eigenvalue weighted by Gasteiger charge is -2.03. The molecule has 0 bridgehead atoms. The van der Waals surface area contributed by atoms with Crippen LogP contribution in [0.1, 0.15) is 0 Å². The summed E-state index contributed by atoms with van der Waals surface area (Å²) < 4.78 is 1.31. The number of hydrogen-bond donors (Lipinski definition) is 2. The molecule has 0 aliphatic heterocycles. The third kappa shape index (κ3) is 3.11. The van der Waals surface area contributed by atoms with E-state index in [1.165, 1.54) is 23.3 Å². The van der Waals surface area contributed by atoms with Gasteiger partial charge in [-0.25, -0.2) is 19.6 Å². The molecule has 17 heavy (non-hydrogen) atoms. The highest BCUT2D eigenvalue weighted by molar-refractivity contribution is 6.28. The van der Waals surface area contributed by atoms with Gasteiger partial charge in [0.05, 0.1) is 0 Å². The third-order valence-electron chi connectivity index (χ3n) is 1.75. The second-order valence-electron chi connectivity index (χ2n) is 3.06. The number of carbonyl (C=O) groups excluding carboxylic acids is 1. The molecule has 3 N–H and O–H groups in total. The molecule has 8 nitrogen and oxygen atoms in total. The zero-order valence-electron chi connectivity index (χ0n) is 8.54. The average Bonchev–Trinajstić information content (AvgIpc) is 2.63. The monoisotopic (exact) mass is 253 g/mol. The molecule has 2 aromatic rings. The lowest BCUT2D eigenvalue weighted by Crippen LogP contribution is -2.19. The summed E-state index contributed by atoms with van der Waals surface area (Å²) in [5.41, 5.74) is 5.31. The summed E-state index contributed by atoms with van der Waals surface area (Å²) in [6.07, 6.45) is 2.81. The molecule has 1 amide bonds. The van der Waals surface area contributed by atoms with Gasteiger partial charge in [0.2, 0.25) is 17.1 Å². The molecule has 88 valence electrons. The van der Waals surface area contributed by atoms with Gasteiger partial charge < -0.3 is 11.1 Å². The van der Waals surface area contributed by atoms with Crippen LogP contribution in [0, 0.1) is 0 Å². The number of hydrogen-bond acceptors (Lipinski definition) is 6. The Kier molecular flexibility index (Phi) is 3.15. The number of halogens is 1. The fraction of sp³-hybridized carbons (Fsp3) is 0.125. The maximum atomic E-state index is 11.6. The van der Waals surface area contributed by atoms with Crippen molar-refractivity contribution in [3.63, 3.8) is 0 Å². The van der Waals surface area contributed by atoms with Gasteiger partial charge >= 0.3 is 0 Å². The fourth-order valence-corrected chi connectivity index (χ4v) is 1.27. The van der Waals surface area contributed by atoms with Crippen LogP contribution in [0.2, 0.25) is 5.28 Å². The van der Waals surface area contributed by atoms with Gasteiger partial charge in [0.1, 0.15) is 18.7 Å². The Bertz CT molecular complexity index is 540. The summed E-state index contributed by atoms with van der Waals surface area (Å²) in [4.78, 5) is 22.8. The number of rotatable bonds is 3. The van der Waals surface area contributed by atoms with Crippen molar-refractivity contribution >= 4 is 29.3 Å². The molecule has 0 radical (unpaired) electrons. The Morgan fingerprint density at radius 2 is 2.35 bits per heavy atom. The molecule has 0 unspecified atom stereocenters. The minimum absolute atomic E-state index is 0.00811. The predicted molar refractivity (Wildman–Crippen MR) is 60.1 cm³/mol. The number of nitrogen functional groups attached to an aromatic ring is 1. The van der Waals surface area contributed by atoms with Gasteiger partial charge in [0.15, 0.2) is 0 Å². The number of carbonyl (C=O) groups is 1. The zero-order valence-corrected chi connectivity index (χ0v) is 9.29. The van der Waals surface area contributed by atoms with Gasteiger partial charge in [0, 0.05) is 6.20 Å². The van der Waals surface area contributed by atoms with E-state index in [1.807, 2.05) is 0 Å². The molecule has 0 fully saturated rings. The van der Waals surface area contributed by atoms with Crippen molar-refractivity contribution in [3.05, 3.63) is 23.9 Å². The van der Waals surface area contributed by atoms with Crippen molar-refractivity contribution in [2.75, 3.05) is 11.1 Å². The standard InChI is InChI=1S/C8H8ClN7O/c9-7-11-2-1-5(14-7)13-6(17)3-16-4-12-8(10)15-16/h1-2,4H,3H2,(H2,10,15)(H,11,13,14,17). The highest BCUT2D eigenvalue weighted by Gasteiger charge is 2.06. The molecule has 0 aromatic carbocycles. The molecule has 2 rings (SSSR count). The van der Waals surface area contributed by atoms with Gasteiger partial charge in [-0.15, -0.1) is 5.10 Å².